The fourth-order valence-corrected chi connectivity index (χ4v) is 2.07. The summed E-state index contributed by atoms with van der Waals surface area (Å²) < 4.78 is 10.5. The minimum atomic E-state index is -0.608. The number of oxime groups is 1. The van der Waals surface area contributed by atoms with E-state index in [9.17, 15) is 14.4 Å². The Bertz CT molecular complexity index is 870. The number of carbonyl (C=O) groups excluding carboxylic acids is 3. The molecule has 0 unspecified atom stereocenters. The topological polar surface area (TPSA) is 111 Å². The molecule has 8 nitrogen and oxygen atoms in total. The van der Waals surface area contributed by atoms with Crippen molar-refractivity contribution < 1.29 is 33.8 Å². The van der Waals surface area contributed by atoms with E-state index in [0.29, 0.717) is 22.6 Å². The van der Waals surface area contributed by atoms with Crippen molar-refractivity contribution in [3.63, 3.8) is 0 Å². The summed E-state index contributed by atoms with van der Waals surface area (Å²) >= 11 is 0. The van der Waals surface area contributed by atoms with E-state index in [-0.39, 0.29) is 24.7 Å². The predicted molar refractivity (Wildman–Crippen MR) is 99.5 cm³/mol. The molecule has 0 saturated heterocycles. The van der Waals surface area contributed by atoms with Gasteiger partial charge in [-0.05, 0) is 55.5 Å². The fraction of sp³-hybridized carbons (Fsp3) is 0.200. The molecule has 2 aromatic rings. The zero-order chi connectivity index (χ0) is 20.5. The average molecular weight is 385 g/mol. The lowest BCUT2D eigenvalue weighted by Gasteiger charge is -2.08. The van der Waals surface area contributed by atoms with E-state index >= 15 is 0 Å². The van der Waals surface area contributed by atoms with Crippen LogP contribution in [-0.2, 0) is 14.4 Å². The average Bonchev–Trinajstić information content (AvgIpc) is 2.70. The van der Waals surface area contributed by atoms with Gasteiger partial charge in [-0.2, -0.15) is 0 Å². The Labute approximate surface area is 161 Å². The van der Waals surface area contributed by atoms with Crippen LogP contribution >= 0.6 is 0 Å². The van der Waals surface area contributed by atoms with Crippen LogP contribution in [0.3, 0.4) is 0 Å². The third-order valence-corrected chi connectivity index (χ3v) is 3.41. The first-order valence-electron chi connectivity index (χ1n) is 8.33. The van der Waals surface area contributed by atoms with Gasteiger partial charge in [-0.15, -0.1) is 0 Å². The molecular weight excluding hydrogens is 366 g/mol. The van der Waals surface area contributed by atoms with Crippen molar-refractivity contribution >= 4 is 23.4 Å². The zero-order valence-corrected chi connectivity index (χ0v) is 15.4. The van der Waals surface area contributed by atoms with Crippen LogP contribution in [0.15, 0.2) is 53.7 Å². The van der Waals surface area contributed by atoms with Crippen molar-refractivity contribution in [2.24, 2.45) is 5.16 Å². The van der Waals surface area contributed by atoms with Gasteiger partial charge < -0.3 is 19.4 Å². The van der Waals surface area contributed by atoms with E-state index < -0.39 is 11.9 Å². The van der Waals surface area contributed by atoms with Crippen LogP contribution in [-0.4, -0.2) is 41.8 Å². The standard InChI is InChI=1S/C20H19NO7/c1-13(21-28-14(2)23)19(24)15-3-7-17(8-4-15)27-18-9-5-16(6-10-18)20(25)26-12-11-22/h3-10,22H,11-12H2,1-2H3/b21-13+. The minimum Gasteiger partial charge on any atom is -0.460 e. The molecule has 0 aliphatic carbocycles. The Morgan fingerprint density at radius 3 is 1.93 bits per heavy atom. The highest BCUT2D eigenvalue weighted by Crippen LogP contribution is 2.22. The first-order chi connectivity index (χ1) is 13.4. The van der Waals surface area contributed by atoms with Gasteiger partial charge in [-0.25, -0.2) is 9.59 Å². The van der Waals surface area contributed by atoms with Crippen molar-refractivity contribution in [2.75, 3.05) is 13.2 Å². The third-order valence-electron chi connectivity index (χ3n) is 3.41. The van der Waals surface area contributed by atoms with Gasteiger partial charge >= 0.3 is 11.9 Å². The number of carbonyl (C=O) groups is 3. The van der Waals surface area contributed by atoms with E-state index in [1.807, 2.05) is 0 Å². The molecule has 0 aliphatic heterocycles. The molecule has 1 N–H and O–H groups in total. The Morgan fingerprint density at radius 1 is 0.893 bits per heavy atom. The molecule has 2 rings (SSSR count). The number of ether oxygens (including phenoxy) is 2. The fourth-order valence-electron chi connectivity index (χ4n) is 2.07. The smallest absolute Gasteiger partial charge is 0.338 e. The molecule has 146 valence electrons. The molecule has 0 aromatic heterocycles. The van der Waals surface area contributed by atoms with E-state index in [2.05, 4.69) is 9.99 Å². The van der Waals surface area contributed by atoms with Crippen LogP contribution in [0.25, 0.3) is 0 Å². The van der Waals surface area contributed by atoms with E-state index in [1.54, 1.807) is 48.5 Å². The van der Waals surface area contributed by atoms with Gasteiger partial charge in [-0.1, -0.05) is 5.16 Å². The SMILES string of the molecule is CC(=O)O/N=C(\C)C(=O)c1ccc(Oc2ccc(C(=O)OCCO)cc2)cc1. The van der Waals surface area contributed by atoms with Crippen molar-refractivity contribution in [3.05, 3.63) is 59.7 Å². The van der Waals surface area contributed by atoms with Crippen molar-refractivity contribution in [1.29, 1.82) is 0 Å². The molecule has 8 heteroatoms. The van der Waals surface area contributed by atoms with Crippen molar-refractivity contribution in [2.45, 2.75) is 13.8 Å². The maximum atomic E-state index is 12.2. The predicted octanol–water partition coefficient (Wildman–Crippen LogP) is 2.75. The normalized spacial score (nSPS) is 10.9. The number of benzene rings is 2. The quantitative estimate of drug-likeness (QED) is 0.244. The lowest BCUT2D eigenvalue weighted by Crippen LogP contribution is -2.11. The number of esters is 1. The first-order valence-corrected chi connectivity index (χ1v) is 8.33. The summed E-state index contributed by atoms with van der Waals surface area (Å²) in [5.41, 5.74) is 0.750. The maximum absolute atomic E-state index is 12.2. The van der Waals surface area contributed by atoms with Gasteiger partial charge in [0, 0.05) is 12.5 Å². The highest BCUT2D eigenvalue weighted by molar-refractivity contribution is 6.45. The third kappa shape index (κ3) is 6.03. The highest BCUT2D eigenvalue weighted by Gasteiger charge is 2.11. The largest absolute Gasteiger partial charge is 0.460 e. The van der Waals surface area contributed by atoms with E-state index in [4.69, 9.17) is 14.6 Å². The number of aliphatic hydroxyl groups excluding tert-OH is 1. The lowest BCUT2D eigenvalue weighted by molar-refractivity contribution is -0.140. The molecule has 0 aliphatic rings. The summed E-state index contributed by atoms with van der Waals surface area (Å²) in [6.45, 7) is 2.34. The van der Waals surface area contributed by atoms with Crippen LogP contribution in [0.1, 0.15) is 34.6 Å². The number of rotatable bonds is 8. The Balaban J connectivity index is 2.00. The number of ketones is 1. The molecule has 0 bridgehead atoms. The first kappa shape index (κ1) is 20.8. The summed E-state index contributed by atoms with van der Waals surface area (Å²) in [4.78, 5) is 39.0. The second-order valence-electron chi connectivity index (χ2n) is 5.60. The molecule has 0 saturated carbocycles. The van der Waals surface area contributed by atoms with Gasteiger partial charge in [-0.3, -0.25) is 4.79 Å². The summed E-state index contributed by atoms with van der Waals surface area (Å²) in [5.74, 6) is -0.538. The molecule has 28 heavy (non-hydrogen) atoms. The molecule has 0 amide bonds. The molecule has 2 aromatic carbocycles. The number of hydrogen-bond acceptors (Lipinski definition) is 8. The van der Waals surface area contributed by atoms with Crippen LogP contribution in [0.4, 0.5) is 0 Å². The van der Waals surface area contributed by atoms with Gasteiger partial charge in [0.25, 0.3) is 0 Å². The summed E-state index contributed by atoms with van der Waals surface area (Å²) in [6.07, 6.45) is 0. The van der Waals surface area contributed by atoms with Gasteiger partial charge in [0.2, 0.25) is 5.78 Å². The van der Waals surface area contributed by atoms with Crippen LogP contribution < -0.4 is 4.74 Å². The van der Waals surface area contributed by atoms with Crippen LogP contribution in [0.5, 0.6) is 11.5 Å². The summed E-state index contributed by atoms with van der Waals surface area (Å²) in [7, 11) is 0. The molecule has 0 heterocycles. The highest BCUT2D eigenvalue weighted by atomic mass is 16.7. The lowest BCUT2D eigenvalue weighted by atomic mass is 10.1. The summed E-state index contributed by atoms with van der Waals surface area (Å²) in [6, 6.07) is 12.6. The second kappa shape index (κ2) is 9.98. The number of aliphatic hydroxyl groups is 1. The van der Waals surface area contributed by atoms with Gasteiger partial charge in [0.15, 0.2) is 0 Å². The molecule has 0 atom stereocenters. The van der Waals surface area contributed by atoms with Crippen LogP contribution in [0, 0.1) is 0 Å². The zero-order valence-electron chi connectivity index (χ0n) is 15.4. The van der Waals surface area contributed by atoms with Crippen LogP contribution in [0.2, 0.25) is 0 Å². The van der Waals surface area contributed by atoms with Crippen molar-refractivity contribution in [1.82, 2.24) is 0 Å². The number of hydrogen-bond donors (Lipinski definition) is 1. The monoisotopic (exact) mass is 385 g/mol. The Kier molecular flexibility index (Phi) is 7.41. The molecule has 0 fully saturated rings. The molecule has 0 spiro atoms. The molecular formula is C20H19NO7. The number of Topliss-reactive ketones (excluding diaryl/α,β-unsaturated/α-hetero) is 1. The maximum Gasteiger partial charge on any atom is 0.338 e. The van der Waals surface area contributed by atoms with Gasteiger partial charge in [0.1, 0.15) is 23.8 Å². The van der Waals surface area contributed by atoms with Gasteiger partial charge in [0.05, 0.1) is 12.2 Å². The summed E-state index contributed by atoms with van der Waals surface area (Å²) in [5, 5.41) is 12.1. The van der Waals surface area contributed by atoms with E-state index in [0.717, 1.165) is 0 Å². The minimum absolute atomic E-state index is 0.0486. The Hall–Kier alpha value is -3.52. The van der Waals surface area contributed by atoms with Crippen molar-refractivity contribution in [3.8, 4) is 11.5 Å². The molecule has 0 radical (unpaired) electrons. The Morgan fingerprint density at radius 2 is 1.43 bits per heavy atom. The van der Waals surface area contributed by atoms with E-state index in [1.165, 1.54) is 13.8 Å². The second-order valence-corrected chi connectivity index (χ2v) is 5.60. The number of nitrogens with zero attached hydrogens (tertiary/aromatic N) is 1.